The molecule has 1 aromatic heterocycles. The molecular weight excluding hydrogens is 318 g/mol. The molecule has 0 radical (unpaired) electrons. The lowest BCUT2D eigenvalue weighted by atomic mass is 10.1. The number of nitrogens with zero attached hydrogens (tertiary/aromatic N) is 1. The van der Waals surface area contributed by atoms with Crippen molar-refractivity contribution in [2.75, 3.05) is 11.1 Å². The number of thiazole rings is 1. The zero-order valence-electron chi connectivity index (χ0n) is 12.4. The molecular formula is C15H17N3O2S2. The van der Waals surface area contributed by atoms with Crippen molar-refractivity contribution in [1.29, 1.82) is 0 Å². The number of carbonyl (C=O) groups excluding carboxylic acids is 2. The summed E-state index contributed by atoms with van der Waals surface area (Å²) < 4.78 is 0.893. The lowest BCUT2D eigenvalue weighted by molar-refractivity contribution is -0.116. The molecule has 3 N–H and O–H groups in total. The highest BCUT2D eigenvalue weighted by atomic mass is 32.2. The highest BCUT2D eigenvalue weighted by molar-refractivity contribution is 8.01. The first-order valence-corrected chi connectivity index (χ1v) is 8.48. The predicted octanol–water partition coefficient (Wildman–Crippen LogP) is 2.52. The number of nitrogens with two attached hydrogens (primary N) is 1. The zero-order valence-corrected chi connectivity index (χ0v) is 14.0. The minimum absolute atomic E-state index is 0.107. The molecule has 0 saturated heterocycles. The number of amides is 2. The topological polar surface area (TPSA) is 85.1 Å². The molecule has 116 valence electrons. The second kappa shape index (κ2) is 7.42. The van der Waals surface area contributed by atoms with Crippen LogP contribution in [0.1, 0.15) is 16.8 Å². The van der Waals surface area contributed by atoms with Crippen molar-refractivity contribution in [3.8, 4) is 0 Å². The summed E-state index contributed by atoms with van der Waals surface area (Å²) in [5, 5.41) is 3.34. The zero-order chi connectivity index (χ0) is 16.1. The Morgan fingerprint density at radius 2 is 1.95 bits per heavy atom. The fourth-order valence-corrected chi connectivity index (χ4v) is 3.65. The molecule has 0 aliphatic heterocycles. The lowest BCUT2D eigenvalue weighted by Gasteiger charge is -2.02. The largest absolute Gasteiger partial charge is 0.369 e. The van der Waals surface area contributed by atoms with Crippen LogP contribution in [0.4, 0.5) is 5.13 Å². The quantitative estimate of drug-likeness (QED) is 0.794. The Labute approximate surface area is 137 Å². The van der Waals surface area contributed by atoms with Crippen LogP contribution in [0.5, 0.6) is 0 Å². The van der Waals surface area contributed by atoms with Gasteiger partial charge in [-0.25, -0.2) is 4.98 Å². The minimum Gasteiger partial charge on any atom is -0.369 e. The third-order valence-electron chi connectivity index (χ3n) is 2.83. The van der Waals surface area contributed by atoms with Crippen LogP contribution in [-0.4, -0.2) is 22.6 Å². The number of aryl methyl sites for hydroxylation is 2. The van der Waals surface area contributed by atoms with Crippen LogP contribution >= 0.6 is 23.1 Å². The molecule has 0 aliphatic carbocycles. The van der Waals surface area contributed by atoms with Gasteiger partial charge >= 0.3 is 0 Å². The third kappa shape index (κ3) is 4.85. The summed E-state index contributed by atoms with van der Waals surface area (Å²) in [6.07, 6.45) is 0.308. The van der Waals surface area contributed by atoms with Crippen LogP contribution in [0, 0.1) is 13.8 Å². The van der Waals surface area contributed by atoms with Crippen molar-refractivity contribution in [2.24, 2.45) is 5.73 Å². The molecule has 22 heavy (non-hydrogen) atoms. The monoisotopic (exact) mass is 335 g/mol. The Morgan fingerprint density at radius 1 is 1.27 bits per heavy atom. The van der Waals surface area contributed by atoms with Crippen LogP contribution in [0.25, 0.3) is 0 Å². The number of thioether (sulfide) groups is 1. The molecule has 5 nitrogen and oxygen atoms in total. The highest BCUT2D eigenvalue weighted by Crippen LogP contribution is 2.31. The van der Waals surface area contributed by atoms with E-state index >= 15 is 0 Å². The first-order valence-electron chi connectivity index (χ1n) is 6.68. The molecule has 1 aromatic carbocycles. The van der Waals surface area contributed by atoms with Gasteiger partial charge in [-0.15, -0.1) is 11.8 Å². The number of hydrogen-bond acceptors (Lipinski definition) is 5. The maximum Gasteiger partial charge on any atom is 0.230 e. The van der Waals surface area contributed by atoms with Crippen molar-refractivity contribution in [2.45, 2.75) is 24.5 Å². The number of hydrogen-bond donors (Lipinski definition) is 2. The highest BCUT2D eigenvalue weighted by Gasteiger charge is 2.12. The number of aromatic nitrogens is 1. The summed E-state index contributed by atoms with van der Waals surface area (Å²) in [5.41, 5.74) is 8.04. The van der Waals surface area contributed by atoms with Gasteiger partial charge in [0.2, 0.25) is 11.8 Å². The molecule has 2 aromatic rings. The Balaban J connectivity index is 1.95. The molecule has 1 heterocycles. The molecule has 2 rings (SSSR count). The number of primary amides is 1. The van der Waals surface area contributed by atoms with E-state index < -0.39 is 0 Å². The van der Waals surface area contributed by atoms with Gasteiger partial charge in [0, 0.05) is 0 Å². The van der Waals surface area contributed by atoms with E-state index in [4.69, 9.17) is 5.73 Å². The second-order valence-electron chi connectivity index (χ2n) is 4.86. The molecule has 2 amide bonds. The Morgan fingerprint density at radius 3 is 2.59 bits per heavy atom. The van der Waals surface area contributed by atoms with Gasteiger partial charge in [-0.3, -0.25) is 9.59 Å². The SMILES string of the molecule is Cc1ccc(CC(=O)Nc2nc(C)c(SCC(N)=O)s2)cc1. The van der Waals surface area contributed by atoms with E-state index in [0.29, 0.717) is 11.6 Å². The number of nitrogens with one attached hydrogen (secondary N) is 1. The van der Waals surface area contributed by atoms with Gasteiger partial charge in [0.1, 0.15) is 0 Å². The van der Waals surface area contributed by atoms with E-state index in [0.717, 1.165) is 21.0 Å². The van der Waals surface area contributed by atoms with E-state index in [1.54, 1.807) is 0 Å². The average molecular weight is 335 g/mol. The number of rotatable bonds is 6. The van der Waals surface area contributed by atoms with Gasteiger partial charge < -0.3 is 11.1 Å². The van der Waals surface area contributed by atoms with Crippen LogP contribution in [0.3, 0.4) is 0 Å². The first kappa shape index (κ1) is 16.5. The van der Waals surface area contributed by atoms with E-state index in [-0.39, 0.29) is 17.6 Å². The standard InChI is InChI=1S/C15H17N3O2S2/c1-9-3-5-11(6-4-9)7-13(20)18-15-17-10(2)14(22-15)21-8-12(16)19/h3-6H,7-8H2,1-2H3,(H2,16,19)(H,17,18,20). The third-order valence-corrected chi connectivity index (χ3v) is 5.29. The molecule has 0 aliphatic rings. The van der Waals surface area contributed by atoms with Crippen molar-refractivity contribution >= 4 is 40.0 Å². The number of benzene rings is 1. The molecule has 7 heteroatoms. The van der Waals surface area contributed by atoms with Gasteiger partial charge in [0.15, 0.2) is 5.13 Å². The molecule has 0 fully saturated rings. The van der Waals surface area contributed by atoms with E-state index in [1.165, 1.54) is 23.1 Å². The Hall–Kier alpha value is -1.86. The van der Waals surface area contributed by atoms with Gasteiger partial charge in [-0.05, 0) is 19.4 Å². The number of carbonyl (C=O) groups is 2. The Kier molecular flexibility index (Phi) is 5.57. The van der Waals surface area contributed by atoms with Gasteiger partial charge in [-0.1, -0.05) is 41.2 Å². The van der Waals surface area contributed by atoms with Crippen LogP contribution < -0.4 is 11.1 Å². The summed E-state index contributed by atoms with van der Waals surface area (Å²) in [5.74, 6) is -0.272. The molecule has 0 unspecified atom stereocenters. The summed E-state index contributed by atoms with van der Waals surface area (Å²) >= 11 is 2.69. The first-order chi connectivity index (χ1) is 10.4. The molecule has 0 atom stereocenters. The summed E-state index contributed by atoms with van der Waals surface area (Å²) in [6.45, 7) is 3.85. The average Bonchev–Trinajstić information content (AvgIpc) is 2.79. The number of anilines is 1. The van der Waals surface area contributed by atoms with Gasteiger partial charge in [-0.2, -0.15) is 0 Å². The normalized spacial score (nSPS) is 10.5. The fourth-order valence-electron chi connectivity index (χ4n) is 1.76. The van der Waals surface area contributed by atoms with E-state index in [2.05, 4.69) is 10.3 Å². The summed E-state index contributed by atoms with van der Waals surface area (Å²) in [6, 6.07) is 7.84. The molecule has 0 spiro atoms. The molecule has 0 bridgehead atoms. The fraction of sp³-hybridized carbons (Fsp3) is 0.267. The van der Waals surface area contributed by atoms with Gasteiger partial charge in [0.25, 0.3) is 0 Å². The van der Waals surface area contributed by atoms with Crippen molar-refractivity contribution < 1.29 is 9.59 Å². The van der Waals surface area contributed by atoms with Crippen LogP contribution in [-0.2, 0) is 16.0 Å². The minimum atomic E-state index is -0.372. The smallest absolute Gasteiger partial charge is 0.230 e. The summed E-state index contributed by atoms with van der Waals surface area (Å²) in [4.78, 5) is 27.1. The lowest BCUT2D eigenvalue weighted by Crippen LogP contribution is -2.14. The maximum absolute atomic E-state index is 12.0. The van der Waals surface area contributed by atoms with E-state index in [1.807, 2.05) is 38.1 Å². The summed E-state index contributed by atoms with van der Waals surface area (Å²) in [7, 11) is 0. The van der Waals surface area contributed by atoms with Gasteiger partial charge in [0.05, 0.1) is 22.1 Å². The molecule has 0 saturated carbocycles. The van der Waals surface area contributed by atoms with Crippen molar-refractivity contribution in [3.63, 3.8) is 0 Å². The maximum atomic E-state index is 12.0. The van der Waals surface area contributed by atoms with Crippen molar-refractivity contribution in [3.05, 3.63) is 41.1 Å². The van der Waals surface area contributed by atoms with Crippen LogP contribution in [0.2, 0.25) is 0 Å². The van der Waals surface area contributed by atoms with E-state index in [9.17, 15) is 9.59 Å². The Bertz CT molecular complexity index is 681. The second-order valence-corrected chi connectivity index (χ2v) is 7.10. The van der Waals surface area contributed by atoms with Crippen molar-refractivity contribution in [1.82, 2.24) is 4.98 Å². The predicted molar refractivity (Wildman–Crippen MR) is 90.3 cm³/mol. The van der Waals surface area contributed by atoms with Crippen LogP contribution in [0.15, 0.2) is 28.5 Å².